The Balaban J connectivity index is 2.04. The van der Waals surface area contributed by atoms with Gasteiger partial charge in [0.2, 0.25) is 0 Å². The van der Waals surface area contributed by atoms with Gasteiger partial charge in [-0.25, -0.2) is 0 Å². The summed E-state index contributed by atoms with van der Waals surface area (Å²) in [5.41, 5.74) is 0.480. The number of nitrogens with one attached hydrogen (secondary N) is 1. The first-order chi connectivity index (χ1) is 5.83. The molecule has 0 atom stereocenters. The quantitative estimate of drug-likeness (QED) is 0.615. The van der Waals surface area contributed by atoms with Crippen LogP contribution in [0.25, 0.3) is 0 Å². The van der Waals surface area contributed by atoms with E-state index in [9.17, 15) is 0 Å². The zero-order chi connectivity index (χ0) is 8.86. The zero-order valence-corrected chi connectivity index (χ0v) is 8.36. The molecule has 0 aromatic heterocycles. The second-order valence-electron chi connectivity index (χ2n) is 3.86. The lowest BCUT2D eigenvalue weighted by Crippen LogP contribution is -2.55. The fraction of sp³-hybridized carbons (Fsp3) is 1.00. The highest BCUT2D eigenvalue weighted by atomic mass is 16.5. The van der Waals surface area contributed by atoms with Crippen molar-refractivity contribution in [2.45, 2.75) is 33.1 Å². The van der Waals surface area contributed by atoms with Crippen molar-refractivity contribution < 1.29 is 4.74 Å². The summed E-state index contributed by atoms with van der Waals surface area (Å²) in [6.07, 6.45) is 3.68. The summed E-state index contributed by atoms with van der Waals surface area (Å²) >= 11 is 0. The molecule has 0 unspecified atom stereocenters. The SMILES string of the molecule is CCCCOCC1(CC)CNC1. The van der Waals surface area contributed by atoms with E-state index in [0.29, 0.717) is 5.41 Å². The maximum Gasteiger partial charge on any atom is 0.0546 e. The van der Waals surface area contributed by atoms with Crippen molar-refractivity contribution >= 4 is 0 Å². The van der Waals surface area contributed by atoms with Gasteiger partial charge in [-0.3, -0.25) is 0 Å². The van der Waals surface area contributed by atoms with Crippen LogP contribution in [-0.2, 0) is 4.74 Å². The van der Waals surface area contributed by atoms with Crippen LogP contribution in [-0.4, -0.2) is 26.3 Å². The molecule has 0 radical (unpaired) electrons. The lowest BCUT2D eigenvalue weighted by Gasteiger charge is -2.41. The highest BCUT2D eigenvalue weighted by Gasteiger charge is 2.34. The number of ether oxygens (including phenoxy) is 1. The molecule has 0 amide bonds. The fourth-order valence-electron chi connectivity index (χ4n) is 1.47. The third kappa shape index (κ3) is 2.46. The van der Waals surface area contributed by atoms with Crippen LogP contribution in [0.3, 0.4) is 0 Å². The van der Waals surface area contributed by atoms with E-state index in [4.69, 9.17) is 4.74 Å². The molecule has 2 heteroatoms. The summed E-state index contributed by atoms with van der Waals surface area (Å²) in [5.74, 6) is 0. The molecule has 1 N–H and O–H groups in total. The molecule has 1 heterocycles. The Hall–Kier alpha value is -0.0800. The molecule has 1 fully saturated rings. The average molecular weight is 171 g/mol. The number of unbranched alkanes of at least 4 members (excludes halogenated alkanes) is 1. The van der Waals surface area contributed by atoms with Crippen LogP contribution in [0.2, 0.25) is 0 Å². The van der Waals surface area contributed by atoms with Crippen LogP contribution in [0, 0.1) is 5.41 Å². The van der Waals surface area contributed by atoms with Crippen molar-refractivity contribution in [3.05, 3.63) is 0 Å². The summed E-state index contributed by atoms with van der Waals surface area (Å²) in [4.78, 5) is 0. The Labute approximate surface area is 75.7 Å². The van der Waals surface area contributed by atoms with E-state index in [2.05, 4.69) is 19.2 Å². The summed E-state index contributed by atoms with van der Waals surface area (Å²) < 4.78 is 5.63. The van der Waals surface area contributed by atoms with Crippen molar-refractivity contribution in [2.75, 3.05) is 26.3 Å². The second-order valence-corrected chi connectivity index (χ2v) is 3.86. The lowest BCUT2D eigenvalue weighted by atomic mass is 9.80. The van der Waals surface area contributed by atoms with Gasteiger partial charge in [-0.05, 0) is 12.8 Å². The van der Waals surface area contributed by atoms with E-state index in [0.717, 1.165) is 26.3 Å². The number of rotatable bonds is 6. The summed E-state index contributed by atoms with van der Waals surface area (Å²) in [7, 11) is 0. The zero-order valence-electron chi connectivity index (χ0n) is 8.36. The van der Waals surface area contributed by atoms with Crippen LogP contribution >= 0.6 is 0 Å². The van der Waals surface area contributed by atoms with Crippen molar-refractivity contribution in [1.82, 2.24) is 5.32 Å². The van der Waals surface area contributed by atoms with Crippen LogP contribution in [0.1, 0.15) is 33.1 Å². The van der Waals surface area contributed by atoms with Crippen molar-refractivity contribution in [3.63, 3.8) is 0 Å². The molecule has 0 bridgehead atoms. The van der Waals surface area contributed by atoms with E-state index in [-0.39, 0.29) is 0 Å². The predicted molar refractivity (Wildman–Crippen MR) is 51.3 cm³/mol. The minimum absolute atomic E-state index is 0.480. The molecular formula is C10H21NO. The number of hydrogen-bond donors (Lipinski definition) is 1. The molecular weight excluding hydrogens is 150 g/mol. The Kier molecular flexibility index (Phi) is 4.02. The minimum atomic E-state index is 0.480. The van der Waals surface area contributed by atoms with Gasteiger partial charge in [-0.2, -0.15) is 0 Å². The molecule has 0 saturated carbocycles. The largest absolute Gasteiger partial charge is 0.381 e. The Morgan fingerprint density at radius 3 is 2.50 bits per heavy atom. The van der Waals surface area contributed by atoms with Gasteiger partial charge in [0.05, 0.1) is 6.61 Å². The lowest BCUT2D eigenvalue weighted by molar-refractivity contribution is 0.00713. The van der Waals surface area contributed by atoms with Gasteiger partial charge < -0.3 is 10.1 Å². The summed E-state index contributed by atoms with van der Waals surface area (Å²) in [5, 5.41) is 3.31. The topological polar surface area (TPSA) is 21.3 Å². The van der Waals surface area contributed by atoms with Crippen LogP contribution in [0.15, 0.2) is 0 Å². The van der Waals surface area contributed by atoms with Crippen LogP contribution < -0.4 is 5.32 Å². The molecule has 0 aliphatic carbocycles. The first-order valence-corrected chi connectivity index (χ1v) is 5.11. The third-order valence-corrected chi connectivity index (χ3v) is 2.80. The molecule has 0 spiro atoms. The Morgan fingerprint density at radius 2 is 2.08 bits per heavy atom. The van der Waals surface area contributed by atoms with E-state index in [1.165, 1.54) is 19.3 Å². The Morgan fingerprint density at radius 1 is 1.33 bits per heavy atom. The molecule has 1 aliphatic heterocycles. The van der Waals surface area contributed by atoms with Gasteiger partial charge in [0, 0.05) is 25.1 Å². The van der Waals surface area contributed by atoms with Crippen molar-refractivity contribution in [1.29, 1.82) is 0 Å². The van der Waals surface area contributed by atoms with E-state index < -0.39 is 0 Å². The molecule has 12 heavy (non-hydrogen) atoms. The van der Waals surface area contributed by atoms with Gasteiger partial charge in [-0.15, -0.1) is 0 Å². The molecule has 0 aromatic rings. The third-order valence-electron chi connectivity index (χ3n) is 2.80. The predicted octanol–water partition coefficient (Wildman–Crippen LogP) is 1.80. The van der Waals surface area contributed by atoms with Gasteiger partial charge >= 0.3 is 0 Å². The molecule has 2 nitrogen and oxygen atoms in total. The summed E-state index contributed by atoms with van der Waals surface area (Å²) in [6.45, 7) is 8.65. The molecule has 72 valence electrons. The molecule has 0 aromatic carbocycles. The van der Waals surface area contributed by atoms with Gasteiger partial charge in [0.25, 0.3) is 0 Å². The van der Waals surface area contributed by atoms with Crippen LogP contribution in [0.4, 0.5) is 0 Å². The fourth-order valence-corrected chi connectivity index (χ4v) is 1.47. The normalized spacial score (nSPS) is 20.5. The van der Waals surface area contributed by atoms with Crippen molar-refractivity contribution in [2.24, 2.45) is 5.41 Å². The maximum atomic E-state index is 5.63. The summed E-state index contributed by atoms with van der Waals surface area (Å²) in [6, 6.07) is 0. The maximum absolute atomic E-state index is 5.63. The van der Waals surface area contributed by atoms with Gasteiger partial charge in [0.15, 0.2) is 0 Å². The smallest absolute Gasteiger partial charge is 0.0546 e. The minimum Gasteiger partial charge on any atom is -0.381 e. The Bertz CT molecular complexity index is 115. The highest BCUT2D eigenvalue weighted by molar-refractivity contribution is 4.90. The monoisotopic (exact) mass is 171 g/mol. The first-order valence-electron chi connectivity index (χ1n) is 5.11. The standard InChI is InChI=1S/C10H21NO/c1-3-5-6-12-9-10(4-2)7-11-8-10/h11H,3-9H2,1-2H3. The molecule has 1 saturated heterocycles. The van der Waals surface area contributed by atoms with Gasteiger partial charge in [-0.1, -0.05) is 20.3 Å². The molecule has 1 rings (SSSR count). The average Bonchev–Trinajstić information content (AvgIpc) is 2.02. The highest BCUT2D eigenvalue weighted by Crippen LogP contribution is 2.26. The van der Waals surface area contributed by atoms with Crippen molar-refractivity contribution in [3.8, 4) is 0 Å². The molecule has 1 aliphatic rings. The first kappa shape index (κ1) is 10.0. The van der Waals surface area contributed by atoms with Crippen LogP contribution in [0.5, 0.6) is 0 Å². The van der Waals surface area contributed by atoms with Gasteiger partial charge in [0.1, 0.15) is 0 Å². The van der Waals surface area contributed by atoms with E-state index in [1.54, 1.807) is 0 Å². The van der Waals surface area contributed by atoms with E-state index >= 15 is 0 Å². The second kappa shape index (κ2) is 4.83. The van der Waals surface area contributed by atoms with E-state index in [1.807, 2.05) is 0 Å². The number of hydrogen-bond acceptors (Lipinski definition) is 2.